The molecular formula is C10H18N2O2S. The summed E-state index contributed by atoms with van der Waals surface area (Å²) >= 11 is 0. The number of nitrogens with one attached hydrogen (secondary N) is 1. The second-order valence-electron chi connectivity index (χ2n) is 4.61. The molecule has 0 aromatic rings. The van der Waals surface area contributed by atoms with Gasteiger partial charge in [-0.05, 0) is 32.1 Å². The van der Waals surface area contributed by atoms with Crippen molar-refractivity contribution in [2.45, 2.75) is 43.7 Å². The highest BCUT2D eigenvalue weighted by Gasteiger charge is 2.40. The minimum Gasteiger partial charge on any atom is -0.352 e. The fraction of sp³-hybridized carbons (Fsp3) is 0.900. The molecule has 1 aliphatic heterocycles. The Bertz CT molecular complexity index is 279. The second-order valence-corrected chi connectivity index (χ2v) is 6.30. The van der Waals surface area contributed by atoms with Crippen LogP contribution in [0.1, 0.15) is 32.1 Å². The van der Waals surface area contributed by atoms with Gasteiger partial charge < -0.3 is 11.1 Å². The van der Waals surface area contributed by atoms with Crippen LogP contribution in [0.15, 0.2) is 0 Å². The number of carbonyl (C=O) groups is 1. The van der Waals surface area contributed by atoms with Gasteiger partial charge in [0.15, 0.2) is 0 Å². The molecule has 15 heavy (non-hydrogen) atoms. The summed E-state index contributed by atoms with van der Waals surface area (Å²) in [5, 5.41) is 2.98. The van der Waals surface area contributed by atoms with Crippen LogP contribution >= 0.6 is 0 Å². The van der Waals surface area contributed by atoms with Gasteiger partial charge in [0.25, 0.3) is 0 Å². The van der Waals surface area contributed by atoms with Crippen LogP contribution in [0, 0.1) is 0 Å². The quantitative estimate of drug-likeness (QED) is 0.695. The lowest BCUT2D eigenvalue weighted by Crippen LogP contribution is -2.60. The van der Waals surface area contributed by atoms with E-state index in [9.17, 15) is 9.00 Å². The molecule has 2 fully saturated rings. The molecule has 0 bridgehead atoms. The van der Waals surface area contributed by atoms with E-state index in [4.69, 9.17) is 5.73 Å². The molecule has 0 spiro atoms. The molecule has 2 aliphatic rings. The zero-order valence-electron chi connectivity index (χ0n) is 8.83. The molecule has 2 rings (SSSR count). The SMILES string of the molecule is NC1(C(=O)NC2CCS(=O)CC2)CCC1. The average molecular weight is 230 g/mol. The average Bonchev–Trinajstić information content (AvgIpc) is 2.18. The normalized spacial score (nSPS) is 34.2. The number of hydrogen-bond acceptors (Lipinski definition) is 3. The topological polar surface area (TPSA) is 72.2 Å². The Morgan fingerprint density at radius 3 is 2.40 bits per heavy atom. The Kier molecular flexibility index (Phi) is 3.11. The van der Waals surface area contributed by atoms with Gasteiger partial charge in [-0.2, -0.15) is 0 Å². The molecule has 5 heteroatoms. The first-order chi connectivity index (χ1) is 7.10. The summed E-state index contributed by atoms with van der Waals surface area (Å²) in [7, 11) is -0.667. The molecule has 1 heterocycles. The third kappa shape index (κ3) is 2.39. The molecule has 0 aromatic heterocycles. The van der Waals surface area contributed by atoms with Gasteiger partial charge in [-0.1, -0.05) is 0 Å². The van der Waals surface area contributed by atoms with Crippen LogP contribution in [0.5, 0.6) is 0 Å². The molecule has 86 valence electrons. The van der Waals surface area contributed by atoms with Crippen molar-refractivity contribution in [1.29, 1.82) is 0 Å². The number of hydrogen-bond donors (Lipinski definition) is 2. The van der Waals surface area contributed by atoms with Crippen molar-refractivity contribution in [3.8, 4) is 0 Å². The van der Waals surface area contributed by atoms with Crippen LogP contribution in [-0.4, -0.2) is 33.2 Å². The fourth-order valence-electron chi connectivity index (χ4n) is 2.05. The molecule has 4 nitrogen and oxygen atoms in total. The van der Waals surface area contributed by atoms with Gasteiger partial charge in [0, 0.05) is 28.3 Å². The highest BCUT2D eigenvalue weighted by atomic mass is 32.2. The van der Waals surface area contributed by atoms with E-state index in [1.165, 1.54) is 0 Å². The molecular weight excluding hydrogens is 212 g/mol. The van der Waals surface area contributed by atoms with E-state index < -0.39 is 16.3 Å². The highest BCUT2D eigenvalue weighted by molar-refractivity contribution is 7.85. The van der Waals surface area contributed by atoms with Gasteiger partial charge in [-0.15, -0.1) is 0 Å². The van der Waals surface area contributed by atoms with E-state index in [1.807, 2.05) is 0 Å². The Hall–Kier alpha value is -0.420. The lowest BCUT2D eigenvalue weighted by Gasteiger charge is -2.38. The van der Waals surface area contributed by atoms with E-state index >= 15 is 0 Å². The summed E-state index contributed by atoms with van der Waals surface area (Å²) in [5.41, 5.74) is 5.32. The molecule has 1 saturated carbocycles. The molecule has 0 unspecified atom stereocenters. The third-order valence-electron chi connectivity index (χ3n) is 3.42. The van der Waals surface area contributed by atoms with E-state index in [2.05, 4.69) is 5.32 Å². The minimum atomic E-state index is -0.667. The Morgan fingerprint density at radius 1 is 1.33 bits per heavy atom. The monoisotopic (exact) mass is 230 g/mol. The first-order valence-electron chi connectivity index (χ1n) is 5.55. The van der Waals surface area contributed by atoms with E-state index in [-0.39, 0.29) is 11.9 Å². The molecule has 1 aliphatic carbocycles. The van der Waals surface area contributed by atoms with Crippen molar-refractivity contribution >= 4 is 16.7 Å². The van der Waals surface area contributed by atoms with E-state index in [0.29, 0.717) is 11.5 Å². The van der Waals surface area contributed by atoms with Crippen LogP contribution in [0.25, 0.3) is 0 Å². The van der Waals surface area contributed by atoms with Crippen molar-refractivity contribution in [2.75, 3.05) is 11.5 Å². The van der Waals surface area contributed by atoms with E-state index in [0.717, 1.165) is 32.1 Å². The summed E-state index contributed by atoms with van der Waals surface area (Å²) in [5.74, 6) is 1.41. The van der Waals surface area contributed by atoms with Gasteiger partial charge >= 0.3 is 0 Å². The summed E-state index contributed by atoms with van der Waals surface area (Å²) in [6.45, 7) is 0. The molecule has 0 radical (unpaired) electrons. The van der Waals surface area contributed by atoms with Gasteiger partial charge in [0.2, 0.25) is 5.91 Å². The predicted molar refractivity (Wildman–Crippen MR) is 59.8 cm³/mol. The van der Waals surface area contributed by atoms with Gasteiger partial charge in [0.1, 0.15) is 0 Å². The van der Waals surface area contributed by atoms with Gasteiger partial charge in [-0.25, -0.2) is 0 Å². The van der Waals surface area contributed by atoms with Crippen molar-refractivity contribution in [1.82, 2.24) is 5.32 Å². The Morgan fingerprint density at radius 2 is 1.93 bits per heavy atom. The number of carbonyl (C=O) groups excluding carboxylic acids is 1. The highest BCUT2D eigenvalue weighted by Crippen LogP contribution is 2.29. The smallest absolute Gasteiger partial charge is 0.240 e. The summed E-state index contributed by atoms with van der Waals surface area (Å²) in [6.07, 6.45) is 4.32. The lowest BCUT2D eigenvalue weighted by atomic mass is 9.77. The maximum Gasteiger partial charge on any atom is 0.240 e. The van der Waals surface area contributed by atoms with Gasteiger partial charge in [0.05, 0.1) is 5.54 Å². The second kappa shape index (κ2) is 4.22. The van der Waals surface area contributed by atoms with Crippen molar-refractivity contribution in [2.24, 2.45) is 5.73 Å². The van der Waals surface area contributed by atoms with Gasteiger partial charge in [-0.3, -0.25) is 9.00 Å². The Balaban J connectivity index is 1.81. The first-order valence-corrected chi connectivity index (χ1v) is 7.04. The summed E-state index contributed by atoms with van der Waals surface area (Å²) in [4.78, 5) is 11.8. The van der Waals surface area contributed by atoms with Crippen molar-refractivity contribution in [3.05, 3.63) is 0 Å². The van der Waals surface area contributed by atoms with Crippen LogP contribution in [0.4, 0.5) is 0 Å². The van der Waals surface area contributed by atoms with Crippen LogP contribution in [-0.2, 0) is 15.6 Å². The molecule has 1 amide bonds. The Labute approximate surface area is 92.4 Å². The number of nitrogens with two attached hydrogens (primary N) is 1. The molecule has 0 atom stereocenters. The fourth-order valence-corrected chi connectivity index (χ4v) is 3.35. The zero-order chi connectivity index (χ0) is 10.9. The maximum atomic E-state index is 11.8. The lowest BCUT2D eigenvalue weighted by molar-refractivity contribution is -0.130. The summed E-state index contributed by atoms with van der Waals surface area (Å²) < 4.78 is 11.1. The first kappa shape index (κ1) is 11.1. The minimum absolute atomic E-state index is 0.00793. The molecule has 3 N–H and O–H groups in total. The van der Waals surface area contributed by atoms with E-state index in [1.54, 1.807) is 0 Å². The number of amides is 1. The van der Waals surface area contributed by atoms with Crippen LogP contribution in [0.3, 0.4) is 0 Å². The van der Waals surface area contributed by atoms with Crippen molar-refractivity contribution < 1.29 is 9.00 Å². The number of rotatable bonds is 2. The van der Waals surface area contributed by atoms with Crippen molar-refractivity contribution in [3.63, 3.8) is 0 Å². The third-order valence-corrected chi connectivity index (χ3v) is 4.80. The summed E-state index contributed by atoms with van der Waals surface area (Å²) in [6, 6.07) is 0.191. The molecule has 1 saturated heterocycles. The van der Waals surface area contributed by atoms with Crippen LogP contribution in [0.2, 0.25) is 0 Å². The van der Waals surface area contributed by atoms with Crippen LogP contribution < -0.4 is 11.1 Å². The zero-order valence-corrected chi connectivity index (χ0v) is 9.65. The molecule has 0 aromatic carbocycles. The standard InChI is InChI=1S/C10H18N2O2S/c11-10(4-1-5-10)9(13)12-8-2-6-15(14)7-3-8/h8H,1-7,11H2,(H,12,13). The maximum absolute atomic E-state index is 11.8. The largest absolute Gasteiger partial charge is 0.352 e. The predicted octanol–water partition coefficient (Wildman–Crippen LogP) is -0.105.